The van der Waals surface area contributed by atoms with Crippen molar-refractivity contribution in [2.45, 2.75) is 18.5 Å². The lowest BCUT2D eigenvalue weighted by Gasteiger charge is -2.33. The van der Waals surface area contributed by atoms with Gasteiger partial charge in [0.05, 0.1) is 12.0 Å². The van der Waals surface area contributed by atoms with Crippen LogP contribution in [0.25, 0.3) is 58.6 Å². The van der Waals surface area contributed by atoms with Crippen molar-refractivity contribution in [2.24, 2.45) is 15.0 Å². The van der Waals surface area contributed by atoms with E-state index < -0.39 is 6.17 Å². The lowest BCUT2D eigenvalue weighted by molar-refractivity contribution is 0.409. The molecule has 0 spiro atoms. The summed E-state index contributed by atoms with van der Waals surface area (Å²) in [5, 5.41) is 17.2. The summed E-state index contributed by atoms with van der Waals surface area (Å²) in [4.78, 5) is 15.6. The van der Waals surface area contributed by atoms with Crippen molar-refractivity contribution in [3.05, 3.63) is 233 Å². The molecule has 2 aliphatic heterocycles. The molecule has 0 saturated heterocycles. The van der Waals surface area contributed by atoms with Crippen molar-refractivity contribution in [1.82, 2.24) is 10.6 Å². The number of thiophene rings is 1. The smallest absolute Gasteiger partial charge is 0.144 e. The number of fused-ring (bicyclic) bond motifs is 6. The normalized spacial score (nSPS) is 17.7. The number of para-hydroxylation sites is 2. The van der Waals surface area contributed by atoms with Crippen LogP contribution < -0.4 is 10.6 Å². The molecule has 4 heterocycles. The maximum atomic E-state index is 6.50. The summed E-state index contributed by atoms with van der Waals surface area (Å²) in [5.41, 5.74) is 10.0. The minimum atomic E-state index is -0.536. The van der Waals surface area contributed by atoms with Gasteiger partial charge in [0.1, 0.15) is 29.3 Å². The molecule has 2 aliphatic rings. The monoisotopic (exact) mass is 817 g/mol. The Balaban J connectivity index is 0.950. The highest BCUT2D eigenvalue weighted by Gasteiger charge is 2.26. The third-order valence-electron chi connectivity index (χ3n) is 11.8. The van der Waals surface area contributed by atoms with Gasteiger partial charge in [-0.25, -0.2) is 4.99 Å². The van der Waals surface area contributed by atoms with E-state index in [1.54, 1.807) is 11.3 Å². The molecule has 0 fully saturated rings. The fourth-order valence-corrected chi connectivity index (χ4v) is 10.0. The first-order valence-corrected chi connectivity index (χ1v) is 21.6. The Morgan fingerprint density at radius 3 is 2.03 bits per heavy atom. The molecule has 12 rings (SSSR count). The van der Waals surface area contributed by atoms with Crippen molar-refractivity contribution < 1.29 is 4.42 Å². The van der Waals surface area contributed by atoms with Crippen molar-refractivity contribution in [2.75, 3.05) is 0 Å². The van der Waals surface area contributed by atoms with E-state index in [0.717, 1.165) is 77.0 Å². The molecule has 296 valence electrons. The summed E-state index contributed by atoms with van der Waals surface area (Å²) in [6.07, 6.45) is -0.892. The minimum Gasteiger partial charge on any atom is -0.455 e. The Morgan fingerprint density at radius 2 is 1.23 bits per heavy atom. The zero-order valence-electron chi connectivity index (χ0n) is 33.3. The topological polar surface area (TPSA) is 88.4 Å². The van der Waals surface area contributed by atoms with Crippen LogP contribution in [0.1, 0.15) is 51.9 Å². The Morgan fingerprint density at radius 1 is 0.532 bits per heavy atom. The summed E-state index contributed by atoms with van der Waals surface area (Å²) in [7, 11) is 0. The molecule has 0 radical (unpaired) electrons. The van der Waals surface area contributed by atoms with E-state index in [2.05, 4.69) is 156 Å². The summed E-state index contributed by atoms with van der Waals surface area (Å²) in [6, 6.07) is 67.3. The quantitative estimate of drug-likeness (QED) is 0.168. The van der Waals surface area contributed by atoms with Crippen LogP contribution in [0.3, 0.4) is 0 Å². The van der Waals surface area contributed by atoms with E-state index in [1.165, 1.54) is 15.5 Å². The average Bonchev–Trinajstić information content (AvgIpc) is 3.94. The second kappa shape index (κ2) is 15.1. The van der Waals surface area contributed by atoms with Gasteiger partial charge in [0.2, 0.25) is 0 Å². The van der Waals surface area contributed by atoms with Gasteiger partial charge in [0, 0.05) is 42.1 Å². The first-order valence-electron chi connectivity index (χ1n) is 20.8. The second-order valence-corrected chi connectivity index (χ2v) is 16.6. The van der Waals surface area contributed by atoms with Crippen LogP contribution in [0, 0.1) is 0 Å². The summed E-state index contributed by atoms with van der Waals surface area (Å²) in [6.45, 7) is 0. The summed E-state index contributed by atoms with van der Waals surface area (Å²) >= 11 is 1.79. The zero-order chi connectivity index (χ0) is 41.0. The molecule has 0 aliphatic carbocycles. The maximum absolute atomic E-state index is 6.50. The Labute approximate surface area is 361 Å². The van der Waals surface area contributed by atoms with Crippen molar-refractivity contribution in [1.29, 1.82) is 0 Å². The largest absolute Gasteiger partial charge is 0.455 e. The highest BCUT2D eigenvalue weighted by Crippen LogP contribution is 2.46. The molecular formula is C54H37N6OS-. The number of benzene rings is 8. The molecular weight excluding hydrogens is 781 g/mol. The van der Waals surface area contributed by atoms with E-state index in [1.807, 2.05) is 48.5 Å². The highest BCUT2D eigenvalue weighted by molar-refractivity contribution is 7.26. The third-order valence-corrected chi connectivity index (χ3v) is 13.0. The standard InChI is InChI=1S/C54H37N6OS/c1-4-15-34(16-5-1)49-55-50(35-17-6-2-7-18-35)57-52(56-49)37-29-27-33(28-30-37)38-31-32-43(48-46(38)41-22-11-13-26-45(41)62-48)54-59-51(36-19-8-3-9-20-36)58-53(60-54)42-24-14-23-40-39-21-10-12-25-44(39)61-47(40)42/h1-32,49,52,54,56H,(H-,55,57,58,59,60)/q-1. The Bertz CT molecular complexity index is 3390. The van der Waals surface area contributed by atoms with Crippen LogP contribution in [-0.4, -0.2) is 17.5 Å². The van der Waals surface area contributed by atoms with Crippen LogP contribution in [0.15, 0.2) is 214 Å². The van der Waals surface area contributed by atoms with Gasteiger partial charge in [0.25, 0.3) is 0 Å². The van der Waals surface area contributed by atoms with Gasteiger partial charge < -0.3 is 20.0 Å². The molecule has 3 unspecified atom stereocenters. The lowest BCUT2D eigenvalue weighted by atomic mass is 9.95. The van der Waals surface area contributed by atoms with E-state index in [9.17, 15) is 0 Å². The van der Waals surface area contributed by atoms with E-state index >= 15 is 0 Å². The molecule has 0 amide bonds. The molecule has 10 aromatic rings. The number of amidine groups is 3. The predicted octanol–water partition coefficient (Wildman–Crippen LogP) is 13.2. The molecule has 7 nitrogen and oxygen atoms in total. The van der Waals surface area contributed by atoms with E-state index in [4.69, 9.17) is 24.7 Å². The first kappa shape index (κ1) is 36.2. The molecule has 62 heavy (non-hydrogen) atoms. The first-order chi connectivity index (χ1) is 30.7. The molecule has 0 bridgehead atoms. The Hall–Kier alpha value is -7.65. The van der Waals surface area contributed by atoms with Crippen molar-refractivity contribution in [3.8, 4) is 11.1 Å². The van der Waals surface area contributed by atoms with Gasteiger partial charge in [-0.15, -0.1) is 11.3 Å². The predicted molar refractivity (Wildman–Crippen MR) is 255 cm³/mol. The van der Waals surface area contributed by atoms with Gasteiger partial charge >= 0.3 is 0 Å². The van der Waals surface area contributed by atoms with Gasteiger partial charge in [-0.05, 0) is 51.6 Å². The van der Waals surface area contributed by atoms with Gasteiger partial charge in [-0.1, -0.05) is 182 Å². The molecule has 2 N–H and O–H groups in total. The van der Waals surface area contributed by atoms with Crippen molar-refractivity contribution in [3.63, 3.8) is 0 Å². The molecule has 8 heteroatoms. The maximum Gasteiger partial charge on any atom is 0.144 e. The third kappa shape index (κ3) is 6.36. The van der Waals surface area contributed by atoms with E-state index in [-0.39, 0.29) is 12.3 Å². The second-order valence-electron chi connectivity index (χ2n) is 15.6. The van der Waals surface area contributed by atoms with Crippen LogP contribution in [0.2, 0.25) is 0 Å². The number of rotatable bonds is 7. The zero-order valence-corrected chi connectivity index (χ0v) is 34.1. The molecule has 0 saturated carbocycles. The van der Waals surface area contributed by atoms with Crippen LogP contribution >= 0.6 is 11.3 Å². The minimum absolute atomic E-state index is 0.155. The number of furan rings is 1. The highest BCUT2D eigenvalue weighted by atomic mass is 32.1. The number of aliphatic imine (C=N–C) groups is 3. The summed E-state index contributed by atoms with van der Waals surface area (Å²) in [5.74, 6) is 2.10. The molecule has 2 aromatic heterocycles. The molecule has 3 atom stereocenters. The lowest BCUT2D eigenvalue weighted by Crippen LogP contribution is -2.44. The van der Waals surface area contributed by atoms with E-state index in [0.29, 0.717) is 11.7 Å². The number of hydrogen-bond donors (Lipinski definition) is 2. The SMILES string of the molecule is c1ccc(C2=NC(c3cccc4c3oc3ccccc34)=NC(c3ccc(-c4ccc(C5NC(c6ccccc6)=NC(c6ccccc6)N5)cc4)c4c3sc3ccccc34)[N-]2)cc1. The van der Waals surface area contributed by atoms with Crippen LogP contribution in [0.4, 0.5) is 0 Å². The number of nitrogens with zero attached hydrogens (tertiary/aromatic N) is 4. The Kier molecular flexibility index (Phi) is 8.83. The molecule has 8 aromatic carbocycles. The fourth-order valence-electron chi connectivity index (χ4n) is 8.76. The number of hydrogen-bond acceptors (Lipinski definition) is 7. The van der Waals surface area contributed by atoms with Gasteiger partial charge in [-0.2, -0.15) is 0 Å². The summed E-state index contributed by atoms with van der Waals surface area (Å²) < 4.78 is 8.87. The average molecular weight is 818 g/mol. The van der Waals surface area contributed by atoms with Crippen molar-refractivity contribution >= 4 is 71.0 Å². The number of nitrogens with one attached hydrogen (secondary N) is 2. The van der Waals surface area contributed by atoms with Crippen LogP contribution in [-0.2, 0) is 0 Å². The van der Waals surface area contributed by atoms with Crippen LogP contribution in [0.5, 0.6) is 0 Å². The van der Waals surface area contributed by atoms with Gasteiger partial charge in [0.15, 0.2) is 0 Å². The fraction of sp³-hybridized carbons (Fsp3) is 0.0556. The van der Waals surface area contributed by atoms with Gasteiger partial charge in [-0.3, -0.25) is 10.3 Å².